The van der Waals surface area contributed by atoms with Crippen molar-refractivity contribution in [2.45, 2.75) is 25.6 Å². The predicted octanol–water partition coefficient (Wildman–Crippen LogP) is -0.127. The molecule has 0 aromatic carbocycles. The van der Waals surface area contributed by atoms with Gasteiger partial charge in [-0.1, -0.05) is 6.08 Å². The number of ketones is 1. The zero-order valence-electron chi connectivity index (χ0n) is 6.90. The lowest BCUT2D eigenvalue weighted by molar-refractivity contribution is -0.141. The van der Waals surface area contributed by atoms with Crippen molar-refractivity contribution in [3.63, 3.8) is 0 Å². The number of aliphatic hydroxyl groups is 2. The molecule has 2 aliphatic rings. The Bertz CT molecular complexity index is 256. The third kappa shape index (κ3) is 0.867. The molecule has 0 radical (unpaired) electrons. The van der Waals surface area contributed by atoms with Gasteiger partial charge in [-0.15, -0.1) is 0 Å². The summed E-state index contributed by atoms with van der Waals surface area (Å²) in [5, 5.41) is 18.9. The molecule has 0 unspecified atom stereocenters. The van der Waals surface area contributed by atoms with Crippen LogP contribution < -0.4 is 0 Å². The second kappa shape index (κ2) is 2.41. The van der Waals surface area contributed by atoms with E-state index in [9.17, 15) is 15.0 Å². The van der Waals surface area contributed by atoms with E-state index in [4.69, 9.17) is 0 Å². The van der Waals surface area contributed by atoms with Crippen molar-refractivity contribution in [2.75, 3.05) is 0 Å². The van der Waals surface area contributed by atoms with E-state index in [0.29, 0.717) is 6.42 Å². The maximum absolute atomic E-state index is 11.0. The minimum absolute atomic E-state index is 0.0313. The number of Topliss-reactive ketones (excluding diaryl/α,β-unsaturated/α-hetero) is 1. The Morgan fingerprint density at radius 1 is 1.50 bits per heavy atom. The minimum Gasteiger partial charge on any atom is -0.390 e. The van der Waals surface area contributed by atoms with Crippen LogP contribution in [0.4, 0.5) is 0 Å². The maximum atomic E-state index is 11.0. The van der Waals surface area contributed by atoms with Gasteiger partial charge in [-0.2, -0.15) is 0 Å². The van der Waals surface area contributed by atoms with Crippen LogP contribution >= 0.6 is 0 Å². The van der Waals surface area contributed by atoms with Crippen LogP contribution in [0.2, 0.25) is 0 Å². The first-order valence-corrected chi connectivity index (χ1v) is 4.18. The van der Waals surface area contributed by atoms with Crippen molar-refractivity contribution in [1.29, 1.82) is 0 Å². The number of carbonyl (C=O) groups excluding carboxylic acids is 1. The Morgan fingerprint density at radius 3 is 2.75 bits per heavy atom. The van der Waals surface area contributed by atoms with Crippen LogP contribution in [0.3, 0.4) is 0 Å². The zero-order valence-corrected chi connectivity index (χ0v) is 6.90. The van der Waals surface area contributed by atoms with Gasteiger partial charge in [0.15, 0.2) is 0 Å². The molecule has 0 aliphatic heterocycles. The van der Waals surface area contributed by atoms with E-state index in [1.807, 2.05) is 0 Å². The lowest BCUT2D eigenvalue weighted by Crippen LogP contribution is -2.51. The Hall–Kier alpha value is -0.670. The molecule has 12 heavy (non-hydrogen) atoms. The van der Waals surface area contributed by atoms with Gasteiger partial charge in [-0.25, -0.2) is 0 Å². The van der Waals surface area contributed by atoms with Crippen molar-refractivity contribution in [2.24, 2.45) is 11.8 Å². The quantitative estimate of drug-likeness (QED) is 0.495. The highest BCUT2D eigenvalue weighted by atomic mass is 16.3. The average molecular weight is 168 g/mol. The first-order valence-electron chi connectivity index (χ1n) is 4.18. The molecule has 2 N–H and O–H groups in total. The first-order chi connectivity index (χ1) is 5.61. The number of allylic oxidation sites excluding steroid dienone is 1. The molecular weight excluding hydrogens is 156 g/mol. The molecule has 0 spiro atoms. The summed E-state index contributed by atoms with van der Waals surface area (Å²) in [7, 11) is 0. The van der Waals surface area contributed by atoms with Crippen LogP contribution in [0.5, 0.6) is 0 Å². The van der Waals surface area contributed by atoms with Gasteiger partial charge in [-0.3, -0.25) is 4.79 Å². The van der Waals surface area contributed by atoms with E-state index in [-0.39, 0.29) is 17.6 Å². The Kier molecular flexibility index (Phi) is 1.59. The van der Waals surface area contributed by atoms with Gasteiger partial charge >= 0.3 is 0 Å². The molecule has 0 aromatic heterocycles. The third-order valence-electron chi connectivity index (χ3n) is 2.94. The monoisotopic (exact) mass is 168 g/mol. The van der Waals surface area contributed by atoms with Gasteiger partial charge in [0.1, 0.15) is 11.9 Å². The van der Waals surface area contributed by atoms with E-state index in [0.717, 1.165) is 5.57 Å². The molecule has 1 saturated carbocycles. The topological polar surface area (TPSA) is 57.5 Å². The largest absolute Gasteiger partial charge is 0.390 e. The molecule has 0 aromatic rings. The van der Waals surface area contributed by atoms with Gasteiger partial charge in [0.05, 0.1) is 6.10 Å². The summed E-state index contributed by atoms with van der Waals surface area (Å²) in [4.78, 5) is 11.0. The number of hydrogen-bond acceptors (Lipinski definition) is 3. The van der Waals surface area contributed by atoms with Crippen molar-refractivity contribution >= 4 is 5.78 Å². The number of rotatable bonds is 0. The van der Waals surface area contributed by atoms with Gasteiger partial charge in [0.2, 0.25) is 0 Å². The summed E-state index contributed by atoms with van der Waals surface area (Å²) in [5.41, 5.74) is 0.719. The van der Waals surface area contributed by atoms with Gasteiger partial charge < -0.3 is 10.2 Å². The fourth-order valence-electron chi connectivity index (χ4n) is 2.01. The minimum atomic E-state index is -0.764. The Balaban J connectivity index is 2.27. The lowest BCUT2D eigenvalue weighted by atomic mass is 9.64. The molecular formula is C9H12O3. The standard InChI is InChI=1S/C9H12O3/c1-4-2-5-6(3-7(5)10)9(12)8(4)11/h2,5-6,8-9,11-12H,3H2,1H3/t5-,6-,8+,9+/m1/s1. The highest BCUT2D eigenvalue weighted by Crippen LogP contribution is 2.40. The van der Waals surface area contributed by atoms with Crippen molar-refractivity contribution in [3.05, 3.63) is 11.6 Å². The van der Waals surface area contributed by atoms with Gasteiger partial charge in [-0.05, 0) is 12.5 Å². The van der Waals surface area contributed by atoms with Crippen LogP contribution in [-0.4, -0.2) is 28.2 Å². The number of fused-ring (bicyclic) bond motifs is 1. The summed E-state index contributed by atoms with van der Waals surface area (Å²) in [6, 6.07) is 0. The molecule has 0 saturated heterocycles. The molecule has 0 amide bonds. The predicted molar refractivity (Wildman–Crippen MR) is 42.4 cm³/mol. The van der Waals surface area contributed by atoms with Gasteiger partial charge in [0.25, 0.3) is 0 Å². The number of hydrogen-bond donors (Lipinski definition) is 2. The van der Waals surface area contributed by atoms with E-state index in [2.05, 4.69) is 0 Å². The molecule has 1 fully saturated rings. The van der Waals surface area contributed by atoms with E-state index < -0.39 is 12.2 Å². The number of carbonyl (C=O) groups is 1. The van der Waals surface area contributed by atoms with Crippen LogP contribution in [-0.2, 0) is 4.79 Å². The molecule has 66 valence electrons. The first kappa shape index (κ1) is 7.95. The maximum Gasteiger partial charge on any atom is 0.140 e. The summed E-state index contributed by atoms with van der Waals surface area (Å²) in [6.45, 7) is 1.75. The fraction of sp³-hybridized carbons (Fsp3) is 0.667. The second-order valence-corrected chi connectivity index (χ2v) is 3.71. The molecule has 3 heteroatoms. The highest BCUT2D eigenvalue weighted by molar-refractivity contribution is 5.89. The Morgan fingerprint density at radius 2 is 2.17 bits per heavy atom. The molecule has 4 atom stereocenters. The Labute approximate surface area is 70.7 Å². The zero-order chi connectivity index (χ0) is 8.88. The molecule has 3 nitrogen and oxygen atoms in total. The van der Waals surface area contributed by atoms with Crippen LogP contribution in [0.25, 0.3) is 0 Å². The fourth-order valence-corrected chi connectivity index (χ4v) is 2.01. The molecule has 0 heterocycles. The van der Waals surface area contributed by atoms with E-state index in [1.165, 1.54) is 0 Å². The van der Waals surface area contributed by atoms with Crippen LogP contribution in [0.1, 0.15) is 13.3 Å². The number of aliphatic hydroxyl groups excluding tert-OH is 2. The van der Waals surface area contributed by atoms with Gasteiger partial charge in [0, 0.05) is 18.3 Å². The summed E-state index contributed by atoms with van der Waals surface area (Å²) < 4.78 is 0. The van der Waals surface area contributed by atoms with E-state index >= 15 is 0 Å². The third-order valence-corrected chi connectivity index (χ3v) is 2.94. The second-order valence-electron chi connectivity index (χ2n) is 3.71. The van der Waals surface area contributed by atoms with Crippen LogP contribution in [0.15, 0.2) is 11.6 Å². The summed E-state index contributed by atoms with van der Waals surface area (Å²) in [6.07, 6.45) is 0.706. The smallest absolute Gasteiger partial charge is 0.140 e. The van der Waals surface area contributed by atoms with Crippen molar-refractivity contribution < 1.29 is 15.0 Å². The normalized spacial score (nSPS) is 46.2. The molecule has 0 bridgehead atoms. The molecule has 2 rings (SSSR count). The summed E-state index contributed by atoms with van der Waals surface area (Å²) >= 11 is 0. The lowest BCUT2D eigenvalue weighted by Gasteiger charge is -2.42. The SMILES string of the molecule is CC1=C[C@H]2C(=O)C[C@H]2[C@H](O)[C@H]1O. The van der Waals surface area contributed by atoms with Crippen molar-refractivity contribution in [3.8, 4) is 0 Å². The molecule has 2 aliphatic carbocycles. The summed E-state index contributed by atoms with van der Waals surface area (Å²) in [5.74, 6) is 0.0323. The van der Waals surface area contributed by atoms with Crippen LogP contribution in [0, 0.1) is 11.8 Å². The van der Waals surface area contributed by atoms with E-state index in [1.54, 1.807) is 13.0 Å². The average Bonchev–Trinajstić information content (AvgIpc) is 2.05. The highest BCUT2D eigenvalue weighted by Gasteiger charge is 2.47. The van der Waals surface area contributed by atoms with Crippen molar-refractivity contribution in [1.82, 2.24) is 0 Å².